The van der Waals surface area contributed by atoms with Gasteiger partial charge >= 0.3 is 0 Å². The van der Waals surface area contributed by atoms with Crippen molar-refractivity contribution in [2.75, 3.05) is 58.9 Å². The number of anilines is 1. The first-order valence-corrected chi connectivity index (χ1v) is 10.2. The molecule has 0 aliphatic carbocycles. The summed E-state index contributed by atoms with van der Waals surface area (Å²) in [5, 5.41) is 0. The molecule has 1 saturated heterocycles. The van der Waals surface area contributed by atoms with Crippen molar-refractivity contribution in [2.45, 2.75) is 0 Å². The van der Waals surface area contributed by atoms with Crippen molar-refractivity contribution in [1.82, 2.24) is 9.80 Å². The molecule has 164 valence electrons. The summed E-state index contributed by atoms with van der Waals surface area (Å²) in [6.45, 7) is 2.71. The summed E-state index contributed by atoms with van der Waals surface area (Å²) in [6, 6.07) is 15.3. The molecule has 0 saturated carbocycles. The third-order valence-electron chi connectivity index (χ3n) is 5.32. The summed E-state index contributed by atoms with van der Waals surface area (Å²) in [4.78, 5) is 30.6. The van der Waals surface area contributed by atoms with Gasteiger partial charge in [-0.3, -0.25) is 9.59 Å². The van der Waals surface area contributed by atoms with Gasteiger partial charge in [0.05, 0.1) is 26.5 Å². The second-order valence-corrected chi connectivity index (χ2v) is 7.34. The fourth-order valence-electron chi connectivity index (χ4n) is 3.51. The zero-order chi connectivity index (χ0) is 22.2. The second-order valence-electron chi connectivity index (χ2n) is 7.34. The van der Waals surface area contributed by atoms with Crippen molar-refractivity contribution in [3.8, 4) is 11.5 Å². The lowest BCUT2D eigenvalue weighted by atomic mass is 10.2. The van der Waals surface area contributed by atoms with E-state index in [2.05, 4.69) is 4.90 Å². The van der Waals surface area contributed by atoms with Crippen LogP contribution in [0.25, 0.3) is 6.08 Å². The zero-order valence-electron chi connectivity index (χ0n) is 18.3. The Kier molecular flexibility index (Phi) is 7.54. The van der Waals surface area contributed by atoms with E-state index in [9.17, 15) is 9.59 Å². The fourth-order valence-corrected chi connectivity index (χ4v) is 3.51. The Morgan fingerprint density at radius 1 is 1.00 bits per heavy atom. The molecule has 0 radical (unpaired) electrons. The van der Waals surface area contributed by atoms with Gasteiger partial charge in [0.1, 0.15) is 11.5 Å². The van der Waals surface area contributed by atoms with Crippen molar-refractivity contribution < 1.29 is 19.1 Å². The molecule has 0 atom stereocenters. The number of carbonyl (C=O) groups excluding carboxylic acids is 2. The zero-order valence-corrected chi connectivity index (χ0v) is 18.3. The van der Waals surface area contributed by atoms with Crippen LogP contribution in [0.3, 0.4) is 0 Å². The smallest absolute Gasteiger partial charge is 0.246 e. The Hall–Kier alpha value is -3.48. The van der Waals surface area contributed by atoms with Gasteiger partial charge in [-0.05, 0) is 35.9 Å². The molecule has 7 heteroatoms. The predicted molar refractivity (Wildman–Crippen MR) is 121 cm³/mol. The molecule has 1 aliphatic heterocycles. The van der Waals surface area contributed by atoms with Crippen LogP contribution in [0, 0.1) is 0 Å². The summed E-state index contributed by atoms with van der Waals surface area (Å²) in [5.41, 5.74) is 1.90. The molecule has 2 aromatic carbocycles. The molecule has 31 heavy (non-hydrogen) atoms. The molecule has 0 unspecified atom stereocenters. The third-order valence-corrected chi connectivity index (χ3v) is 5.32. The summed E-state index contributed by atoms with van der Waals surface area (Å²) in [7, 11) is 4.90. The SMILES string of the molecule is COc1cccc(/C=C/C(=O)N(C)CC(=O)N2CCN(c3ccccc3OC)CC2)c1. The van der Waals surface area contributed by atoms with E-state index in [0.29, 0.717) is 13.1 Å². The van der Waals surface area contributed by atoms with Crippen molar-refractivity contribution >= 4 is 23.6 Å². The highest BCUT2D eigenvalue weighted by Gasteiger charge is 2.24. The molecule has 0 bridgehead atoms. The molecule has 1 heterocycles. The largest absolute Gasteiger partial charge is 0.497 e. The first-order valence-electron chi connectivity index (χ1n) is 10.2. The van der Waals surface area contributed by atoms with Crippen molar-refractivity contribution in [2.24, 2.45) is 0 Å². The van der Waals surface area contributed by atoms with Crippen LogP contribution in [-0.4, -0.2) is 75.6 Å². The first kappa shape index (κ1) is 22.2. The van der Waals surface area contributed by atoms with E-state index in [-0.39, 0.29) is 18.4 Å². The Bertz CT molecular complexity index is 936. The lowest BCUT2D eigenvalue weighted by Gasteiger charge is -2.37. The minimum atomic E-state index is -0.219. The quantitative estimate of drug-likeness (QED) is 0.641. The highest BCUT2D eigenvalue weighted by Crippen LogP contribution is 2.28. The predicted octanol–water partition coefficient (Wildman–Crippen LogP) is 2.52. The van der Waals surface area contributed by atoms with Crippen molar-refractivity contribution in [1.29, 1.82) is 0 Å². The molecule has 0 spiro atoms. The Morgan fingerprint density at radius 3 is 2.45 bits per heavy atom. The van der Waals surface area contributed by atoms with Crippen molar-refractivity contribution in [3.63, 3.8) is 0 Å². The number of para-hydroxylation sites is 2. The monoisotopic (exact) mass is 423 g/mol. The van der Waals surface area contributed by atoms with Crippen LogP contribution in [0.2, 0.25) is 0 Å². The van der Waals surface area contributed by atoms with Crippen LogP contribution in [0.4, 0.5) is 5.69 Å². The Morgan fingerprint density at radius 2 is 1.74 bits per heavy atom. The summed E-state index contributed by atoms with van der Waals surface area (Å²) >= 11 is 0. The van der Waals surface area contributed by atoms with Crippen LogP contribution in [0.1, 0.15) is 5.56 Å². The normalized spacial score (nSPS) is 13.9. The van der Waals surface area contributed by atoms with Gasteiger partial charge in [-0.15, -0.1) is 0 Å². The number of hydrogen-bond donors (Lipinski definition) is 0. The minimum Gasteiger partial charge on any atom is -0.497 e. The average Bonchev–Trinajstić information content (AvgIpc) is 2.82. The third kappa shape index (κ3) is 5.78. The topological polar surface area (TPSA) is 62.3 Å². The summed E-state index contributed by atoms with van der Waals surface area (Å²) in [5.74, 6) is 1.29. The Balaban J connectivity index is 1.51. The lowest BCUT2D eigenvalue weighted by Crippen LogP contribution is -2.51. The van der Waals surface area contributed by atoms with E-state index < -0.39 is 0 Å². The molecule has 7 nitrogen and oxygen atoms in total. The molecule has 0 N–H and O–H groups in total. The lowest BCUT2D eigenvalue weighted by molar-refractivity contribution is -0.137. The molecular weight excluding hydrogens is 394 g/mol. The molecular formula is C24H29N3O4. The number of carbonyl (C=O) groups is 2. The Labute approximate surface area is 183 Å². The molecule has 1 fully saturated rings. The molecule has 1 aliphatic rings. The summed E-state index contributed by atoms with van der Waals surface area (Å²) in [6.07, 6.45) is 3.19. The molecule has 3 rings (SSSR count). The highest BCUT2D eigenvalue weighted by atomic mass is 16.5. The molecule has 0 aromatic heterocycles. The standard InChI is InChI=1S/C24H29N3O4/c1-25(23(28)12-11-19-7-6-8-20(17-19)30-2)18-24(29)27-15-13-26(14-16-27)21-9-4-5-10-22(21)31-3/h4-12,17H,13-16,18H2,1-3H3/b12-11+. The van der Waals surface area contributed by atoms with Crippen LogP contribution in [0.15, 0.2) is 54.6 Å². The van der Waals surface area contributed by atoms with Crippen molar-refractivity contribution in [3.05, 3.63) is 60.2 Å². The number of methoxy groups -OCH3 is 2. The highest BCUT2D eigenvalue weighted by molar-refractivity contribution is 5.94. The maximum atomic E-state index is 12.7. The van der Waals surface area contributed by atoms with Gasteiger partial charge in [0.2, 0.25) is 11.8 Å². The number of benzene rings is 2. The number of amides is 2. The first-order chi connectivity index (χ1) is 15.0. The minimum absolute atomic E-state index is 0.0506. The molecule has 2 amide bonds. The average molecular weight is 424 g/mol. The number of rotatable bonds is 7. The van der Waals surface area contributed by atoms with Gasteiger partial charge in [0.15, 0.2) is 0 Å². The van der Waals surface area contributed by atoms with E-state index in [4.69, 9.17) is 9.47 Å². The van der Waals surface area contributed by atoms with Crippen LogP contribution >= 0.6 is 0 Å². The van der Waals surface area contributed by atoms with Crippen LogP contribution < -0.4 is 14.4 Å². The van der Waals surface area contributed by atoms with Crippen LogP contribution in [-0.2, 0) is 9.59 Å². The van der Waals surface area contributed by atoms with E-state index >= 15 is 0 Å². The van der Waals surface area contributed by atoms with Gasteiger partial charge in [-0.1, -0.05) is 24.3 Å². The van der Waals surface area contributed by atoms with Gasteiger partial charge in [0.25, 0.3) is 0 Å². The van der Waals surface area contributed by atoms with Gasteiger partial charge in [-0.2, -0.15) is 0 Å². The summed E-state index contributed by atoms with van der Waals surface area (Å²) < 4.78 is 10.6. The number of ether oxygens (including phenoxy) is 2. The number of piperazine rings is 1. The second kappa shape index (κ2) is 10.5. The maximum absolute atomic E-state index is 12.7. The van der Waals surface area contributed by atoms with E-state index in [0.717, 1.165) is 35.8 Å². The van der Waals surface area contributed by atoms with Gasteiger partial charge in [-0.25, -0.2) is 0 Å². The van der Waals surface area contributed by atoms with Gasteiger partial charge < -0.3 is 24.2 Å². The van der Waals surface area contributed by atoms with Gasteiger partial charge in [0, 0.05) is 39.3 Å². The number of hydrogen-bond acceptors (Lipinski definition) is 5. The number of nitrogens with zero attached hydrogens (tertiary/aromatic N) is 3. The maximum Gasteiger partial charge on any atom is 0.246 e. The number of likely N-dealkylation sites (N-methyl/N-ethyl adjacent to an activating group) is 1. The molecule has 2 aromatic rings. The van der Waals surface area contributed by atoms with E-state index in [1.54, 1.807) is 27.3 Å². The fraction of sp³-hybridized carbons (Fsp3) is 0.333. The van der Waals surface area contributed by atoms with E-state index in [1.165, 1.54) is 11.0 Å². The van der Waals surface area contributed by atoms with E-state index in [1.807, 2.05) is 53.4 Å². The van der Waals surface area contributed by atoms with Crippen LogP contribution in [0.5, 0.6) is 11.5 Å².